The molecule has 0 aliphatic heterocycles. The lowest BCUT2D eigenvalue weighted by Crippen LogP contribution is -2.23. The molecule has 0 bridgehead atoms. The summed E-state index contributed by atoms with van der Waals surface area (Å²) in [7, 11) is 0.111. The number of ether oxygens (including phenoxy) is 1. The van der Waals surface area contributed by atoms with Crippen LogP contribution >= 0.6 is 11.6 Å². The fraction of sp³-hybridized carbons (Fsp3) is 0.176. The number of methoxy groups -OCH3 is 1. The molecule has 0 radical (unpaired) electrons. The van der Waals surface area contributed by atoms with Gasteiger partial charge < -0.3 is 15.2 Å². The van der Waals surface area contributed by atoms with E-state index in [1.807, 2.05) is 0 Å². The van der Waals surface area contributed by atoms with E-state index in [0.717, 1.165) is 17.5 Å². The Morgan fingerprint density at radius 3 is 2.41 bits per heavy atom. The van der Waals surface area contributed by atoms with E-state index in [1.165, 1.54) is 44.4 Å². The van der Waals surface area contributed by atoms with Gasteiger partial charge >= 0.3 is 5.97 Å². The summed E-state index contributed by atoms with van der Waals surface area (Å²) in [6.45, 7) is 0. The molecule has 0 aromatic heterocycles. The molecule has 0 spiro atoms. The van der Waals surface area contributed by atoms with Gasteiger partial charge in [0.1, 0.15) is 5.56 Å². The van der Waals surface area contributed by atoms with Gasteiger partial charge in [-0.2, -0.15) is 0 Å². The van der Waals surface area contributed by atoms with Crippen molar-refractivity contribution in [2.24, 2.45) is 0 Å². The molecule has 0 fully saturated rings. The van der Waals surface area contributed by atoms with Crippen LogP contribution in [0.25, 0.3) is 0 Å². The molecule has 0 aliphatic carbocycles. The van der Waals surface area contributed by atoms with Crippen LogP contribution in [0.3, 0.4) is 0 Å². The smallest absolute Gasteiger partial charge is 0.341 e. The molecule has 2 rings (SSSR count). The predicted molar refractivity (Wildman–Crippen MR) is 99.7 cm³/mol. The number of carbonyl (C=O) groups excluding carboxylic acids is 2. The van der Waals surface area contributed by atoms with Crippen molar-refractivity contribution >= 4 is 39.2 Å². The van der Waals surface area contributed by atoms with Crippen molar-refractivity contribution < 1.29 is 27.9 Å². The number of hydrogen-bond acceptors (Lipinski definition) is 6. The second kappa shape index (κ2) is 7.95. The van der Waals surface area contributed by atoms with Crippen molar-refractivity contribution in [1.29, 1.82) is 0 Å². The highest BCUT2D eigenvalue weighted by Gasteiger charge is 2.22. The van der Waals surface area contributed by atoms with Crippen LogP contribution < -0.4 is 5.32 Å². The molecule has 0 saturated carbocycles. The number of nitrogens with one attached hydrogen (secondary N) is 1. The lowest BCUT2D eigenvalue weighted by molar-refractivity contribution is 0.0597. The van der Waals surface area contributed by atoms with Crippen molar-refractivity contribution in [1.82, 2.24) is 4.31 Å². The second-order valence-corrected chi connectivity index (χ2v) is 8.14. The second-order valence-electron chi connectivity index (χ2n) is 5.58. The van der Waals surface area contributed by atoms with Gasteiger partial charge in [-0.25, -0.2) is 17.5 Å². The maximum Gasteiger partial charge on any atom is 0.341 e. The number of amides is 1. The number of sulfonamides is 1. The first kappa shape index (κ1) is 20.7. The highest BCUT2D eigenvalue weighted by Crippen LogP contribution is 2.29. The molecule has 2 N–H and O–H groups in total. The highest BCUT2D eigenvalue weighted by atomic mass is 35.5. The third-order valence-electron chi connectivity index (χ3n) is 3.65. The first-order chi connectivity index (χ1) is 12.6. The fourth-order valence-electron chi connectivity index (χ4n) is 2.16. The zero-order chi connectivity index (χ0) is 20.4. The number of benzene rings is 2. The van der Waals surface area contributed by atoms with Crippen LogP contribution in [0.5, 0.6) is 5.75 Å². The third kappa shape index (κ3) is 4.21. The predicted octanol–water partition coefficient (Wildman–Crippen LogP) is 2.33. The minimum atomic E-state index is -3.77. The molecule has 0 saturated heterocycles. The molecule has 0 unspecified atom stereocenters. The summed E-state index contributed by atoms with van der Waals surface area (Å²) in [4.78, 5) is 24.1. The summed E-state index contributed by atoms with van der Waals surface area (Å²) in [5.74, 6) is -2.01. The van der Waals surface area contributed by atoms with Crippen molar-refractivity contribution in [2.75, 3.05) is 26.5 Å². The molecular formula is C17H17ClN2O6S. The number of phenols is 1. The van der Waals surface area contributed by atoms with Crippen molar-refractivity contribution in [2.45, 2.75) is 4.90 Å². The summed E-state index contributed by atoms with van der Waals surface area (Å²) in [6, 6.07) is 7.84. The molecule has 2 aromatic carbocycles. The van der Waals surface area contributed by atoms with Gasteiger partial charge in [-0.3, -0.25) is 4.79 Å². The van der Waals surface area contributed by atoms with Crippen molar-refractivity contribution in [3.8, 4) is 5.75 Å². The molecule has 27 heavy (non-hydrogen) atoms. The van der Waals surface area contributed by atoms with Crippen LogP contribution in [0, 0.1) is 0 Å². The molecule has 0 aliphatic rings. The molecular weight excluding hydrogens is 396 g/mol. The summed E-state index contributed by atoms with van der Waals surface area (Å²) < 4.78 is 30.0. The maximum absolute atomic E-state index is 12.6. The fourth-order valence-corrected chi connectivity index (χ4v) is 3.29. The van der Waals surface area contributed by atoms with Gasteiger partial charge in [0.15, 0.2) is 5.75 Å². The average Bonchev–Trinajstić information content (AvgIpc) is 2.62. The van der Waals surface area contributed by atoms with E-state index >= 15 is 0 Å². The summed E-state index contributed by atoms with van der Waals surface area (Å²) in [5.41, 5.74) is -0.298. The summed E-state index contributed by atoms with van der Waals surface area (Å²) in [5, 5.41) is 12.6. The number of esters is 1. The Bertz CT molecular complexity index is 1000. The third-order valence-corrected chi connectivity index (χ3v) is 5.79. The van der Waals surface area contributed by atoms with Crippen LogP contribution in [0.1, 0.15) is 20.7 Å². The SMILES string of the molecule is COC(=O)c1cccc(NC(=O)c2cc(S(=O)(=O)N(C)C)ccc2Cl)c1O. The zero-order valence-corrected chi connectivity index (χ0v) is 16.3. The van der Waals surface area contributed by atoms with E-state index in [1.54, 1.807) is 0 Å². The molecule has 8 nitrogen and oxygen atoms in total. The Kier molecular flexibility index (Phi) is 6.09. The Balaban J connectivity index is 2.42. The number of para-hydroxylation sites is 1. The van der Waals surface area contributed by atoms with Gasteiger partial charge in [-0.15, -0.1) is 0 Å². The average molecular weight is 413 g/mol. The number of hydrogen-bond donors (Lipinski definition) is 2. The molecule has 10 heteroatoms. The largest absolute Gasteiger partial charge is 0.505 e. The minimum Gasteiger partial charge on any atom is -0.505 e. The van der Waals surface area contributed by atoms with Gasteiger partial charge in [-0.05, 0) is 30.3 Å². The normalized spacial score (nSPS) is 11.3. The van der Waals surface area contributed by atoms with E-state index in [9.17, 15) is 23.1 Å². The Morgan fingerprint density at radius 2 is 1.81 bits per heavy atom. The number of anilines is 1. The van der Waals surface area contributed by atoms with Crippen LogP contribution in [-0.4, -0.2) is 50.9 Å². The number of nitrogens with zero attached hydrogens (tertiary/aromatic N) is 1. The van der Waals surface area contributed by atoms with Crippen LogP contribution in [0.4, 0.5) is 5.69 Å². The molecule has 144 valence electrons. The quantitative estimate of drug-likeness (QED) is 0.575. The summed E-state index contributed by atoms with van der Waals surface area (Å²) >= 11 is 6.03. The van der Waals surface area contributed by atoms with Gasteiger partial charge in [0.05, 0.1) is 28.3 Å². The van der Waals surface area contributed by atoms with E-state index in [-0.39, 0.29) is 26.7 Å². The lowest BCUT2D eigenvalue weighted by atomic mass is 10.1. The van der Waals surface area contributed by atoms with Gasteiger partial charge in [-0.1, -0.05) is 17.7 Å². The van der Waals surface area contributed by atoms with Crippen molar-refractivity contribution in [3.63, 3.8) is 0 Å². The number of rotatable bonds is 5. The minimum absolute atomic E-state index is 0.0221. The number of phenolic OH excluding ortho intramolecular Hbond substituents is 1. The molecule has 0 atom stereocenters. The lowest BCUT2D eigenvalue weighted by Gasteiger charge is -2.14. The topological polar surface area (TPSA) is 113 Å². The van der Waals surface area contributed by atoms with E-state index in [0.29, 0.717) is 0 Å². The standard InChI is InChI=1S/C17H17ClN2O6S/c1-20(2)27(24,25)10-7-8-13(18)12(9-10)16(22)19-14-6-4-5-11(15(14)21)17(23)26-3/h4-9,21H,1-3H3,(H,19,22). The number of halogens is 1. The van der Waals surface area contributed by atoms with E-state index < -0.39 is 27.6 Å². The van der Waals surface area contributed by atoms with Crippen LogP contribution in [0.2, 0.25) is 5.02 Å². The zero-order valence-electron chi connectivity index (χ0n) is 14.7. The maximum atomic E-state index is 12.6. The molecule has 0 heterocycles. The molecule has 1 amide bonds. The molecule has 2 aromatic rings. The van der Waals surface area contributed by atoms with Gasteiger partial charge in [0.2, 0.25) is 10.0 Å². The monoisotopic (exact) mass is 412 g/mol. The van der Waals surface area contributed by atoms with Crippen LogP contribution in [0.15, 0.2) is 41.3 Å². The van der Waals surface area contributed by atoms with Gasteiger partial charge in [0, 0.05) is 14.1 Å². The first-order valence-electron chi connectivity index (χ1n) is 7.53. The van der Waals surface area contributed by atoms with Crippen molar-refractivity contribution in [3.05, 3.63) is 52.5 Å². The van der Waals surface area contributed by atoms with Crippen LogP contribution in [-0.2, 0) is 14.8 Å². The Hall–Kier alpha value is -2.62. The number of aromatic hydroxyl groups is 1. The van der Waals surface area contributed by atoms with E-state index in [4.69, 9.17) is 11.6 Å². The highest BCUT2D eigenvalue weighted by molar-refractivity contribution is 7.89. The first-order valence-corrected chi connectivity index (χ1v) is 9.35. The van der Waals surface area contributed by atoms with E-state index in [2.05, 4.69) is 10.1 Å². The van der Waals surface area contributed by atoms with Gasteiger partial charge in [0.25, 0.3) is 5.91 Å². The Labute approximate surface area is 161 Å². The number of carbonyl (C=O) groups is 2. The summed E-state index contributed by atoms with van der Waals surface area (Å²) in [6.07, 6.45) is 0. The Morgan fingerprint density at radius 1 is 1.15 bits per heavy atom.